The van der Waals surface area contributed by atoms with E-state index in [9.17, 15) is 26.7 Å². The first-order valence-corrected chi connectivity index (χ1v) is 16.0. The van der Waals surface area contributed by atoms with Crippen molar-refractivity contribution in [2.75, 3.05) is 31.5 Å². The molecule has 5 rings (SSSR count). The van der Waals surface area contributed by atoms with Crippen molar-refractivity contribution in [2.24, 2.45) is 0 Å². The van der Waals surface area contributed by atoms with E-state index in [1.54, 1.807) is 18.2 Å². The van der Waals surface area contributed by atoms with Crippen LogP contribution in [0.1, 0.15) is 70.8 Å². The topological polar surface area (TPSA) is 116 Å². The van der Waals surface area contributed by atoms with Gasteiger partial charge in [-0.15, -0.1) is 0 Å². The number of likely N-dealkylation sites (tertiary alicyclic amines) is 1. The Bertz CT molecular complexity index is 1290. The molecule has 0 bridgehead atoms. The number of rotatable bonds is 8. The Morgan fingerprint density at radius 2 is 1.66 bits per heavy atom. The zero-order valence-electron chi connectivity index (χ0n) is 23.6. The number of halogens is 3. The van der Waals surface area contributed by atoms with Crippen molar-refractivity contribution < 1.29 is 26.7 Å². The summed E-state index contributed by atoms with van der Waals surface area (Å²) >= 11 is 0. The SMILES string of the molecule is CC(C)(O)Cn1cc(-c2nc(NC3CCN(S(=O)(=O)C4CCC(N5CCCC5)CC4)CC3)ncc2C(F)(F)F)cn1. The van der Waals surface area contributed by atoms with Crippen molar-refractivity contribution in [2.45, 2.75) is 101 Å². The Balaban J connectivity index is 1.21. The second-order valence-electron chi connectivity index (χ2n) is 12.2. The highest BCUT2D eigenvalue weighted by molar-refractivity contribution is 7.89. The van der Waals surface area contributed by atoms with Crippen molar-refractivity contribution in [1.82, 2.24) is 29.0 Å². The summed E-state index contributed by atoms with van der Waals surface area (Å²) in [7, 11) is -3.40. The summed E-state index contributed by atoms with van der Waals surface area (Å²) in [5, 5.41) is 16.9. The summed E-state index contributed by atoms with van der Waals surface area (Å²) in [4.78, 5) is 10.6. The molecule has 14 heteroatoms. The molecule has 0 aromatic carbocycles. The van der Waals surface area contributed by atoms with Crippen LogP contribution in [0.5, 0.6) is 0 Å². The van der Waals surface area contributed by atoms with E-state index in [2.05, 4.69) is 25.3 Å². The molecule has 3 fully saturated rings. The fraction of sp³-hybridized carbons (Fsp3) is 0.741. The van der Waals surface area contributed by atoms with Gasteiger partial charge in [-0.1, -0.05) is 0 Å². The third-order valence-corrected chi connectivity index (χ3v) is 10.8. The number of alkyl halides is 3. The van der Waals surface area contributed by atoms with Gasteiger partial charge in [-0.2, -0.15) is 18.3 Å². The minimum atomic E-state index is -4.67. The van der Waals surface area contributed by atoms with Crippen LogP contribution in [0.2, 0.25) is 0 Å². The van der Waals surface area contributed by atoms with Crippen molar-refractivity contribution in [3.63, 3.8) is 0 Å². The van der Waals surface area contributed by atoms with Crippen LogP contribution in [0, 0.1) is 0 Å². The van der Waals surface area contributed by atoms with Gasteiger partial charge < -0.3 is 15.3 Å². The summed E-state index contributed by atoms with van der Waals surface area (Å²) in [5.41, 5.74) is -2.22. The molecule has 41 heavy (non-hydrogen) atoms. The number of nitrogens with zero attached hydrogens (tertiary/aromatic N) is 6. The molecule has 228 valence electrons. The Morgan fingerprint density at radius 1 is 1.00 bits per heavy atom. The van der Waals surface area contributed by atoms with E-state index >= 15 is 0 Å². The van der Waals surface area contributed by atoms with Gasteiger partial charge in [-0.05, 0) is 78.3 Å². The van der Waals surface area contributed by atoms with Crippen molar-refractivity contribution >= 4 is 16.0 Å². The molecule has 0 unspecified atom stereocenters. The lowest BCUT2D eigenvalue weighted by Crippen LogP contribution is -2.48. The van der Waals surface area contributed by atoms with Gasteiger partial charge >= 0.3 is 6.18 Å². The molecular weight excluding hydrogens is 559 g/mol. The highest BCUT2D eigenvalue weighted by Crippen LogP contribution is 2.36. The molecule has 0 atom stereocenters. The maximum absolute atomic E-state index is 13.8. The molecule has 2 N–H and O–H groups in total. The number of sulfonamides is 1. The fourth-order valence-electron chi connectivity index (χ4n) is 6.31. The lowest BCUT2D eigenvalue weighted by molar-refractivity contribution is -0.137. The molecule has 0 spiro atoms. The van der Waals surface area contributed by atoms with Gasteiger partial charge in [-0.25, -0.2) is 22.7 Å². The molecule has 2 saturated heterocycles. The maximum Gasteiger partial charge on any atom is 0.419 e. The highest BCUT2D eigenvalue weighted by atomic mass is 32.2. The van der Waals surface area contributed by atoms with Crippen LogP contribution >= 0.6 is 0 Å². The number of aromatic nitrogens is 4. The second kappa shape index (κ2) is 11.8. The Morgan fingerprint density at radius 3 is 2.27 bits per heavy atom. The van der Waals surface area contributed by atoms with E-state index < -0.39 is 27.4 Å². The van der Waals surface area contributed by atoms with Crippen molar-refractivity contribution in [3.05, 3.63) is 24.2 Å². The smallest absolute Gasteiger partial charge is 0.389 e. The van der Waals surface area contributed by atoms with Crippen LogP contribution in [0.25, 0.3) is 11.3 Å². The first-order chi connectivity index (χ1) is 19.3. The molecule has 1 aliphatic carbocycles. The average molecular weight is 600 g/mol. The predicted molar refractivity (Wildman–Crippen MR) is 149 cm³/mol. The fourth-order valence-corrected chi connectivity index (χ4v) is 8.32. The van der Waals surface area contributed by atoms with Crippen LogP contribution in [-0.4, -0.2) is 91.6 Å². The number of nitrogens with one attached hydrogen (secondary N) is 1. The highest BCUT2D eigenvalue weighted by Gasteiger charge is 2.39. The third kappa shape index (κ3) is 7.20. The minimum Gasteiger partial charge on any atom is -0.389 e. The van der Waals surface area contributed by atoms with Crippen LogP contribution in [0.3, 0.4) is 0 Å². The molecule has 4 heterocycles. The standard InChI is InChI=1S/C27H40F3N7O3S/c1-26(2,38)18-36-17-19(15-32-36)24-23(27(28,29)30)16-31-25(34-24)33-20-9-13-37(14-10-20)41(39,40)22-7-5-21(6-8-22)35-11-3-4-12-35/h15-17,20-22,38H,3-14,18H2,1-2H3,(H,31,33,34). The molecule has 0 radical (unpaired) electrons. The van der Waals surface area contributed by atoms with Gasteiger partial charge in [0, 0.05) is 43.1 Å². The van der Waals surface area contributed by atoms with Gasteiger partial charge in [-0.3, -0.25) is 4.68 Å². The maximum atomic E-state index is 13.8. The van der Waals surface area contributed by atoms with Gasteiger partial charge in [0.05, 0.1) is 29.3 Å². The van der Waals surface area contributed by atoms with Gasteiger partial charge in [0.25, 0.3) is 0 Å². The second-order valence-corrected chi connectivity index (χ2v) is 14.4. The summed E-state index contributed by atoms with van der Waals surface area (Å²) < 4.78 is 71.1. The van der Waals surface area contributed by atoms with E-state index in [0.717, 1.165) is 32.1 Å². The van der Waals surface area contributed by atoms with Crippen LogP contribution in [-0.2, 0) is 22.7 Å². The zero-order chi connectivity index (χ0) is 29.4. The lowest BCUT2D eigenvalue weighted by Gasteiger charge is -2.38. The average Bonchev–Trinajstić information content (AvgIpc) is 3.60. The normalized spacial score (nSPS) is 24.1. The molecule has 2 aliphatic heterocycles. The van der Waals surface area contributed by atoms with Gasteiger partial charge in [0.2, 0.25) is 16.0 Å². The van der Waals surface area contributed by atoms with E-state index in [-0.39, 0.29) is 35.0 Å². The number of piperidine rings is 1. The quantitative estimate of drug-likeness (QED) is 0.472. The Hall–Kier alpha value is -2.29. The van der Waals surface area contributed by atoms with E-state index in [1.807, 2.05) is 0 Å². The Kier molecular flexibility index (Phi) is 8.66. The Labute approximate surface area is 239 Å². The molecular formula is C27H40F3N7O3S. The van der Waals surface area contributed by atoms with E-state index in [4.69, 9.17) is 0 Å². The first kappa shape index (κ1) is 30.2. The molecule has 10 nitrogen and oxygen atoms in total. The number of hydrogen-bond acceptors (Lipinski definition) is 8. The molecule has 3 aliphatic rings. The van der Waals surface area contributed by atoms with Gasteiger partial charge in [0.1, 0.15) is 5.56 Å². The summed E-state index contributed by atoms with van der Waals surface area (Å²) in [6.07, 6.45) is 5.50. The van der Waals surface area contributed by atoms with Crippen molar-refractivity contribution in [1.29, 1.82) is 0 Å². The largest absolute Gasteiger partial charge is 0.419 e. The summed E-state index contributed by atoms with van der Waals surface area (Å²) in [6, 6.07) is 0.332. The molecule has 0 amide bonds. The van der Waals surface area contributed by atoms with Crippen LogP contribution < -0.4 is 5.32 Å². The van der Waals surface area contributed by atoms with E-state index in [0.29, 0.717) is 44.8 Å². The molecule has 1 saturated carbocycles. The molecule has 2 aromatic heterocycles. The number of anilines is 1. The molecule has 2 aromatic rings. The minimum absolute atomic E-state index is 0.0461. The first-order valence-electron chi connectivity index (χ1n) is 14.5. The van der Waals surface area contributed by atoms with Gasteiger partial charge in [0.15, 0.2) is 0 Å². The predicted octanol–water partition coefficient (Wildman–Crippen LogP) is 3.74. The lowest BCUT2D eigenvalue weighted by atomic mass is 9.94. The third-order valence-electron chi connectivity index (χ3n) is 8.42. The summed E-state index contributed by atoms with van der Waals surface area (Å²) in [5.74, 6) is 0.0461. The zero-order valence-corrected chi connectivity index (χ0v) is 24.5. The number of aliphatic hydroxyl groups is 1. The van der Waals surface area contributed by atoms with Crippen molar-refractivity contribution in [3.8, 4) is 11.3 Å². The van der Waals surface area contributed by atoms with Crippen LogP contribution in [0.15, 0.2) is 18.6 Å². The van der Waals surface area contributed by atoms with E-state index in [1.165, 1.54) is 29.9 Å². The van der Waals surface area contributed by atoms with Crippen LogP contribution in [0.4, 0.5) is 19.1 Å². The summed E-state index contributed by atoms with van der Waals surface area (Å²) in [6.45, 7) is 6.22. The monoisotopic (exact) mass is 599 g/mol. The number of hydrogen-bond donors (Lipinski definition) is 2.